The van der Waals surface area contributed by atoms with Crippen LogP contribution in [0, 0.1) is 5.82 Å². The van der Waals surface area contributed by atoms with Crippen molar-refractivity contribution in [3.05, 3.63) is 42.0 Å². The number of aryl methyl sites for hydroxylation is 1. The van der Waals surface area contributed by atoms with Crippen LogP contribution in [-0.2, 0) is 6.54 Å². The zero-order valence-electron chi connectivity index (χ0n) is 10.6. The first kappa shape index (κ1) is 14.5. The molecule has 0 spiro atoms. The molecule has 0 amide bonds. The lowest BCUT2D eigenvalue weighted by Crippen LogP contribution is -2.01. The molecule has 3 nitrogen and oxygen atoms in total. The summed E-state index contributed by atoms with van der Waals surface area (Å²) in [5.41, 5.74) is 0.943. The van der Waals surface area contributed by atoms with Crippen molar-refractivity contribution < 1.29 is 4.39 Å². The first-order chi connectivity index (χ1) is 9.20. The van der Waals surface area contributed by atoms with E-state index in [1.54, 1.807) is 16.8 Å². The van der Waals surface area contributed by atoms with Gasteiger partial charge in [0.1, 0.15) is 5.82 Å². The Morgan fingerprint density at radius 3 is 2.95 bits per heavy atom. The molecule has 0 aliphatic rings. The van der Waals surface area contributed by atoms with E-state index in [0.29, 0.717) is 4.90 Å². The van der Waals surface area contributed by atoms with Crippen LogP contribution in [0.5, 0.6) is 0 Å². The second kappa shape index (κ2) is 7.05. The molecule has 6 heteroatoms. The van der Waals surface area contributed by atoms with E-state index >= 15 is 0 Å². The fourth-order valence-corrected chi connectivity index (χ4v) is 2.68. The van der Waals surface area contributed by atoms with Gasteiger partial charge in [-0.25, -0.2) is 4.39 Å². The smallest absolute Gasteiger partial charge is 0.136 e. The molecule has 2 aromatic rings. The minimum Gasteiger partial charge on any atom is -0.251 e. The normalized spacial score (nSPS) is 12.6. The molecule has 19 heavy (non-hydrogen) atoms. The molecule has 1 aromatic heterocycles. The second-order valence-electron chi connectivity index (χ2n) is 4.06. The van der Waals surface area contributed by atoms with E-state index in [4.69, 9.17) is 0 Å². The van der Waals surface area contributed by atoms with Gasteiger partial charge in [0.25, 0.3) is 0 Å². The van der Waals surface area contributed by atoms with Gasteiger partial charge in [-0.05, 0) is 18.6 Å². The molecule has 1 unspecified atom stereocenters. The van der Waals surface area contributed by atoms with Gasteiger partial charge in [0.2, 0.25) is 0 Å². The quantitative estimate of drug-likeness (QED) is 0.585. The summed E-state index contributed by atoms with van der Waals surface area (Å²) in [6, 6.07) is 6.81. The molecular formula is C13H15BrFN3S. The Hall–Kier alpha value is -0.880. The Labute approximate surface area is 124 Å². The van der Waals surface area contributed by atoms with Crippen LogP contribution in [0.15, 0.2) is 35.4 Å². The van der Waals surface area contributed by atoms with E-state index in [1.165, 1.54) is 17.8 Å². The monoisotopic (exact) mass is 343 g/mol. The van der Waals surface area contributed by atoms with Gasteiger partial charge in [0.15, 0.2) is 0 Å². The topological polar surface area (TPSA) is 30.7 Å². The molecule has 1 aromatic carbocycles. The van der Waals surface area contributed by atoms with Crippen LogP contribution in [0.25, 0.3) is 0 Å². The van der Waals surface area contributed by atoms with Crippen molar-refractivity contribution in [1.82, 2.24) is 15.0 Å². The third kappa shape index (κ3) is 4.04. The van der Waals surface area contributed by atoms with Gasteiger partial charge >= 0.3 is 0 Å². The second-order valence-corrected chi connectivity index (χ2v) is 6.30. The van der Waals surface area contributed by atoms with E-state index in [1.807, 2.05) is 12.3 Å². The van der Waals surface area contributed by atoms with Crippen molar-refractivity contribution in [2.75, 3.05) is 5.75 Å². The number of benzene rings is 1. The zero-order chi connectivity index (χ0) is 13.7. The summed E-state index contributed by atoms with van der Waals surface area (Å²) in [5.74, 6) is 0.598. The molecule has 0 fully saturated rings. The lowest BCUT2D eigenvalue weighted by molar-refractivity contribution is 0.600. The van der Waals surface area contributed by atoms with Gasteiger partial charge < -0.3 is 0 Å². The molecule has 0 bridgehead atoms. The Morgan fingerprint density at radius 1 is 1.42 bits per heavy atom. The predicted octanol–water partition coefficient (Wildman–Crippen LogP) is 4.06. The number of thioether (sulfide) groups is 1. The van der Waals surface area contributed by atoms with Crippen molar-refractivity contribution in [3.63, 3.8) is 0 Å². The van der Waals surface area contributed by atoms with E-state index < -0.39 is 0 Å². The lowest BCUT2D eigenvalue weighted by atomic mass is 10.3. The first-order valence-electron chi connectivity index (χ1n) is 6.12. The van der Waals surface area contributed by atoms with Crippen molar-refractivity contribution >= 4 is 27.7 Å². The van der Waals surface area contributed by atoms with Gasteiger partial charge in [0, 0.05) is 16.8 Å². The number of halogens is 2. The average Bonchev–Trinajstić information content (AvgIpc) is 2.89. The highest BCUT2D eigenvalue weighted by Gasteiger charge is 2.09. The third-order valence-corrected chi connectivity index (χ3v) is 4.80. The minimum atomic E-state index is -0.168. The lowest BCUT2D eigenvalue weighted by Gasteiger charge is -2.03. The average molecular weight is 344 g/mol. The van der Waals surface area contributed by atoms with Crippen molar-refractivity contribution in [1.29, 1.82) is 0 Å². The minimum absolute atomic E-state index is 0.168. The Bertz CT molecular complexity index is 532. The molecule has 0 radical (unpaired) electrons. The van der Waals surface area contributed by atoms with Crippen LogP contribution in [-0.4, -0.2) is 20.7 Å². The molecule has 0 N–H and O–H groups in total. The largest absolute Gasteiger partial charge is 0.251 e. The molecule has 1 atom stereocenters. The molecule has 0 aliphatic heterocycles. The summed E-state index contributed by atoms with van der Waals surface area (Å²) in [7, 11) is 0. The van der Waals surface area contributed by atoms with Crippen LogP contribution in [0.4, 0.5) is 4.39 Å². The molecule has 0 saturated heterocycles. The highest BCUT2D eigenvalue weighted by Crippen LogP contribution is 2.24. The standard InChI is InChI=1S/C13H15BrFN3S/c1-2-10(14)12-9-18(17-16-12)7-8-19-13-6-4-3-5-11(13)15/h3-6,9-10H,2,7-8H2,1H3. The van der Waals surface area contributed by atoms with E-state index in [2.05, 4.69) is 33.2 Å². The summed E-state index contributed by atoms with van der Waals surface area (Å²) in [4.78, 5) is 0.926. The van der Waals surface area contributed by atoms with Crippen molar-refractivity contribution in [2.24, 2.45) is 0 Å². The molecule has 2 rings (SSSR count). The molecular weight excluding hydrogens is 329 g/mol. The Morgan fingerprint density at radius 2 is 2.21 bits per heavy atom. The number of hydrogen-bond acceptors (Lipinski definition) is 3. The Balaban J connectivity index is 1.86. The molecule has 0 aliphatic carbocycles. The number of alkyl halides is 1. The van der Waals surface area contributed by atoms with Gasteiger partial charge in [-0.1, -0.05) is 40.2 Å². The van der Waals surface area contributed by atoms with Gasteiger partial charge in [0.05, 0.1) is 17.1 Å². The van der Waals surface area contributed by atoms with Gasteiger partial charge in [-0.15, -0.1) is 16.9 Å². The molecule has 102 valence electrons. The summed E-state index contributed by atoms with van der Waals surface area (Å²) in [6.45, 7) is 2.81. The molecule has 1 heterocycles. The van der Waals surface area contributed by atoms with E-state index in [9.17, 15) is 4.39 Å². The van der Waals surface area contributed by atoms with Gasteiger partial charge in [-0.2, -0.15) is 0 Å². The maximum absolute atomic E-state index is 13.4. The number of aromatic nitrogens is 3. The summed E-state index contributed by atoms with van der Waals surface area (Å²) < 4.78 is 15.2. The third-order valence-electron chi connectivity index (χ3n) is 2.65. The first-order valence-corrected chi connectivity index (χ1v) is 8.02. The van der Waals surface area contributed by atoms with E-state index in [0.717, 1.165) is 24.4 Å². The summed E-state index contributed by atoms with van der Waals surface area (Å²) in [6.07, 6.45) is 2.91. The maximum atomic E-state index is 13.4. The fraction of sp³-hybridized carbons (Fsp3) is 0.385. The van der Waals surface area contributed by atoms with Crippen LogP contribution < -0.4 is 0 Å². The van der Waals surface area contributed by atoms with Crippen LogP contribution >= 0.6 is 27.7 Å². The van der Waals surface area contributed by atoms with Crippen LogP contribution in [0.2, 0.25) is 0 Å². The number of rotatable bonds is 6. The highest BCUT2D eigenvalue weighted by molar-refractivity contribution is 9.09. The SMILES string of the molecule is CCC(Br)c1cn(CCSc2ccccc2F)nn1. The van der Waals surface area contributed by atoms with Crippen molar-refractivity contribution in [2.45, 2.75) is 29.6 Å². The maximum Gasteiger partial charge on any atom is 0.136 e. The summed E-state index contributed by atoms with van der Waals surface area (Å²) in [5, 5.41) is 8.18. The summed E-state index contributed by atoms with van der Waals surface area (Å²) >= 11 is 5.03. The highest BCUT2D eigenvalue weighted by atomic mass is 79.9. The van der Waals surface area contributed by atoms with Crippen molar-refractivity contribution in [3.8, 4) is 0 Å². The number of hydrogen-bond donors (Lipinski definition) is 0. The molecule has 0 saturated carbocycles. The van der Waals surface area contributed by atoms with Gasteiger partial charge in [-0.3, -0.25) is 4.68 Å². The zero-order valence-corrected chi connectivity index (χ0v) is 13.0. The predicted molar refractivity (Wildman–Crippen MR) is 79.1 cm³/mol. The fourth-order valence-electron chi connectivity index (χ4n) is 1.59. The Kier molecular flexibility index (Phi) is 5.39. The van der Waals surface area contributed by atoms with Crippen LogP contribution in [0.1, 0.15) is 23.9 Å². The number of nitrogens with zero attached hydrogens (tertiary/aromatic N) is 3. The van der Waals surface area contributed by atoms with E-state index in [-0.39, 0.29) is 10.6 Å². The van der Waals surface area contributed by atoms with Crippen LogP contribution in [0.3, 0.4) is 0 Å².